The molecule has 0 radical (unpaired) electrons. The molecule has 0 aliphatic heterocycles. The van der Waals surface area contributed by atoms with E-state index in [1.54, 1.807) is 0 Å². The van der Waals surface area contributed by atoms with E-state index in [4.69, 9.17) is 11.6 Å². The van der Waals surface area contributed by atoms with Gasteiger partial charge in [0.2, 0.25) is 0 Å². The van der Waals surface area contributed by atoms with E-state index < -0.39 is 0 Å². The molecule has 0 aliphatic carbocycles. The smallest absolute Gasteiger partial charge is 0.0463 e. The van der Waals surface area contributed by atoms with Gasteiger partial charge >= 0.3 is 0 Å². The fourth-order valence-electron chi connectivity index (χ4n) is 1.12. The summed E-state index contributed by atoms with van der Waals surface area (Å²) in [6.07, 6.45) is 1.10. The molecule has 0 saturated heterocycles. The molecular weight excluding hydrogens is 170 g/mol. The lowest BCUT2D eigenvalue weighted by Crippen LogP contribution is -2.27. The van der Waals surface area contributed by atoms with Gasteiger partial charge in [-0.3, -0.25) is 0 Å². The number of rotatable bonds is 6. The minimum Gasteiger partial charge on any atom is -0.315 e. The first-order chi connectivity index (χ1) is 5.52. The molecule has 74 valence electrons. The molecular formula is C10H22ClN. The van der Waals surface area contributed by atoms with Crippen LogP contribution in [0, 0.1) is 11.8 Å². The first kappa shape index (κ1) is 12.2. The molecule has 1 N–H and O–H groups in total. The molecule has 0 aromatic rings. The van der Waals surface area contributed by atoms with Gasteiger partial charge in [0.1, 0.15) is 0 Å². The second-order valence-electron chi connectivity index (χ2n) is 4.28. The Morgan fingerprint density at radius 3 is 2.00 bits per heavy atom. The van der Waals surface area contributed by atoms with Crippen molar-refractivity contribution in [1.82, 2.24) is 5.32 Å². The summed E-state index contributed by atoms with van der Waals surface area (Å²) in [7, 11) is 0. The Labute approximate surface area is 81.9 Å². The summed E-state index contributed by atoms with van der Waals surface area (Å²) in [5, 5.41) is 3.65. The van der Waals surface area contributed by atoms with Gasteiger partial charge in [-0.05, 0) is 24.8 Å². The van der Waals surface area contributed by atoms with Crippen LogP contribution in [0.2, 0.25) is 0 Å². The van der Waals surface area contributed by atoms with Gasteiger partial charge in [0.25, 0.3) is 0 Å². The third-order valence-electron chi connectivity index (χ3n) is 1.65. The van der Waals surface area contributed by atoms with Crippen LogP contribution in [0.4, 0.5) is 0 Å². The summed E-state index contributed by atoms with van der Waals surface area (Å²) in [5.41, 5.74) is 0. The molecule has 1 nitrogen and oxygen atoms in total. The third kappa shape index (κ3) is 8.35. The highest BCUT2D eigenvalue weighted by Crippen LogP contribution is 2.09. The van der Waals surface area contributed by atoms with Crippen LogP contribution in [0.5, 0.6) is 0 Å². The maximum Gasteiger partial charge on any atom is 0.0463 e. The number of halogens is 1. The molecule has 0 fully saturated rings. The Hall–Kier alpha value is 0.250. The van der Waals surface area contributed by atoms with Gasteiger partial charge in [-0.25, -0.2) is 0 Å². The predicted octanol–water partition coefficient (Wildman–Crippen LogP) is 2.89. The van der Waals surface area contributed by atoms with Crippen LogP contribution < -0.4 is 5.32 Å². The van der Waals surface area contributed by atoms with Gasteiger partial charge in [0.15, 0.2) is 0 Å². The standard InChI is InChI=1S/C10H22ClN/c1-8(2)5-10(11)7-12-6-9(3)4/h8-10,12H,5-7H2,1-4H3. The Balaban J connectivity index is 3.25. The minimum absolute atomic E-state index is 0.295. The topological polar surface area (TPSA) is 12.0 Å². The molecule has 0 rings (SSSR count). The van der Waals surface area contributed by atoms with Crippen LogP contribution in [0.3, 0.4) is 0 Å². The number of hydrogen-bond acceptors (Lipinski definition) is 1. The normalized spacial score (nSPS) is 14.2. The van der Waals surface area contributed by atoms with Gasteiger partial charge in [0, 0.05) is 11.9 Å². The highest BCUT2D eigenvalue weighted by molar-refractivity contribution is 6.20. The Morgan fingerprint density at radius 2 is 1.58 bits per heavy atom. The quantitative estimate of drug-likeness (QED) is 0.637. The monoisotopic (exact) mass is 191 g/mol. The average Bonchev–Trinajstić information content (AvgIpc) is 1.84. The Morgan fingerprint density at radius 1 is 1.00 bits per heavy atom. The lowest BCUT2D eigenvalue weighted by Gasteiger charge is -2.13. The van der Waals surface area contributed by atoms with Gasteiger partial charge < -0.3 is 5.32 Å². The van der Waals surface area contributed by atoms with Crippen molar-refractivity contribution in [3.05, 3.63) is 0 Å². The van der Waals surface area contributed by atoms with Crippen LogP contribution in [-0.4, -0.2) is 18.5 Å². The molecule has 2 heteroatoms. The van der Waals surface area contributed by atoms with E-state index in [9.17, 15) is 0 Å². The molecule has 0 spiro atoms. The first-order valence-corrected chi connectivity index (χ1v) is 5.30. The molecule has 0 aromatic heterocycles. The summed E-state index contributed by atoms with van der Waals surface area (Å²) in [4.78, 5) is 0. The van der Waals surface area contributed by atoms with Crippen molar-refractivity contribution in [2.24, 2.45) is 11.8 Å². The maximum atomic E-state index is 6.10. The summed E-state index contributed by atoms with van der Waals surface area (Å²) < 4.78 is 0. The van der Waals surface area contributed by atoms with Crippen molar-refractivity contribution in [2.75, 3.05) is 13.1 Å². The summed E-state index contributed by atoms with van der Waals surface area (Å²) in [6, 6.07) is 0. The van der Waals surface area contributed by atoms with Gasteiger partial charge in [0.05, 0.1) is 0 Å². The van der Waals surface area contributed by atoms with Crippen molar-refractivity contribution in [2.45, 2.75) is 39.5 Å². The largest absolute Gasteiger partial charge is 0.315 e. The highest BCUT2D eigenvalue weighted by Gasteiger charge is 2.06. The van der Waals surface area contributed by atoms with Crippen molar-refractivity contribution < 1.29 is 0 Å². The summed E-state index contributed by atoms with van der Waals surface area (Å²) in [5.74, 6) is 1.42. The van der Waals surface area contributed by atoms with E-state index in [0.717, 1.165) is 19.5 Å². The molecule has 0 heterocycles. The first-order valence-electron chi connectivity index (χ1n) is 4.87. The number of alkyl halides is 1. The van der Waals surface area contributed by atoms with E-state index in [1.807, 2.05) is 0 Å². The van der Waals surface area contributed by atoms with Crippen molar-refractivity contribution in [3.63, 3.8) is 0 Å². The van der Waals surface area contributed by atoms with Crippen LogP contribution in [-0.2, 0) is 0 Å². The predicted molar refractivity (Wildman–Crippen MR) is 56.8 cm³/mol. The van der Waals surface area contributed by atoms with E-state index in [-0.39, 0.29) is 0 Å². The summed E-state index contributed by atoms with van der Waals surface area (Å²) in [6.45, 7) is 10.8. The fraction of sp³-hybridized carbons (Fsp3) is 1.00. The molecule has 0 aliphatic rings. The van der Waals surface area contributed by atoms with Crippen molar-refractivity contribution >= 4 is 11.6 Å². The Bertz CT molecular complexity index is 102. The van der Waals surface area contributed by atoms with E-state index in [0.29, 0.717) is 17.2 Å². The number of hydrogen-bond donors (Lipinski definition) is 1. The van der Waals surface area contributed by atoms with Crippen LogP contribution in [0.25, 0.3) is 0 Å². The lowest BCUT2D eigenvalue weighted by atomic mass is 10.1. The van der Waals surface area contributed by atoms with Crippen molar-refractivity contribution in [3.8, 4) is 0 Å². The molecule has 0 amide bonds. The zero-order valence-electron chi connectivity index (χ0n) is 8.73. The molecule has 0 saturated carbocycles. The SMILES string of the molecule is CC(C)CNCC(Cl)CC(C)C. The second-order valence-corrected chi connectivity index (χ2v) is 4.90. The van der Waals surface area contributed by atoms with Gasteiger partial charge in [-0.1, -0.05) is 27.7 Å². The molecule has 12 heavy (non-hydrogen) atoms. The summed E-state index contributed by atoms with van der Waals surface area (Å²) >= 11 is 6.10. The molecule has 0 aromatic carbocycles. The maximum absolute atomic E-state index is 6.10. The third-order valence-corrected chi connectivity index (χ3v) is 1.98. The van der Waals surface area contributed by atoms with E-state index in [2.05, 4.69) is 33.0 Å². The minimum atomic E-state index is 0.295. The van der Waals surface area contributed by atoms with Gasteiger partial charge in [-0.2, -0.15) is 0 Å². The van der Waals surface area contributed by atoms with Crippen LogP contribution in [0.1, 0.15) is 34.1 Å². The zero-order chi connectivity index (χ0) is 9.56. The van der Waals surface area contributed by atoms with E-state index >= 15 is 0 Å². The fourth-order valence-corrected chi connectivity index (χ4v) is 1.59. The Kier molecular flexibility index (Phi) is 6.87. The number of nitrogens with one attached hydrogen (secondary N) is 1. The highest BCUT2D eigenvalue weighted by atomic mass is 35.5. The molecule has 0 bridgehead atoms. The molecule has 1 unspecified atom stereocenters. The van der Waals surface area contributed by atoms with Crippen molar-refractivity contribution in [1.29, 1.82) is 0 Å². The zero-order valence-corrected chi connectivity index (χ0v) is 9.49. The van der Waals surface area contributed by atoms with Crippen LogP contribution in [0.15, 0.2) is 0 Å². The lowest BCUT2D eigenvalue weighted by molar-refractivity contribution is 0.503. The second kappa shape index (κ2) is 6.73. The average molecular weight is 192 g/mol. The van der Waals surface area contributed by atoms with Crippen LogP contribution >= 0.6 is 11.6 Å². The van der Waals surface area contributed by atoms with Gasteiger partial charge in [-0.15, -0.1) is 11.6 Å². The van der Waals surface area contributed by atoms with E-state index in [1.165, 1.54) is 0 Å². The molecule has 1 atom stereocenters.